The molecule has 94 valence electrons. The van der Waals surface area contributed by atoms with Crippen LogP contribution in [0.25, 0.3) is 0 Å². The zero-order chi connectivity index (χ0) is 12.1. The summed E-state index contributed by atoms with van der Waals surface area (Å²) in [6.45, 7) is 3.58. The van der Waals surface area contributed by atoms with Crippen molar-refractivity contribution in [3.05, 3.63) is 29.8 Å². The Morgan fingerprint density at radius 3 is 2.76 bits per heavy atom. The Morgan fingerprint density at radius 2 is 2.12 bits per heavy atom. The zero-order valence-electron chi connectivity index (χ0n) is 10.4. The fourth-order valence-corrected chi connectivity index (χ4v) is 2.48. The third-order valence-corrected chi connectivity index (χ3v) is 3.49. The minimum atomic E-state index is 0.295. The Morgan fingerprint density at radius 1 is 1.35 bits per heavy atom. The average Bonchev–Trinajstić information content (AvgIpc) is 2.85. The van der Waals surface area contributed by atoms with Crippen molar-refractivity contribution in [2.24, 2.45) is 0 Å². The molecular formula is C14H21NO2. The first-order chi connectivity index (χ1) is 8.33. The number of ether oxygens (including phenoxy) is 1. The summed E-state index contributed by atoms with van der Waals surface area (Å²) in [6.07, 6.45) is 2.10. The number of aliphatic hydroxyl groups excluding tert-OH is 1. The first kappa shape index (κ1) is 12.4. The molecule has 17 heavy (non-hydrogen) atoms. The normalized spacial score (nSPS) is 20.7. The second-order valence-electron chi connectivity index (χ2n) is 4.64. The molecule has 3 heteroatoms. The highest BCUT2D eigenvalue weighted by Crippen LogP contribution is 2.28. The lowest BCUT2D eigenvalue weighted by atomic mass is 9.98. The molecule has 0 amide bonds. The molecule has 0 aromatic heterocycles. The molecule has 1 aromatic rings. The van der Waals surface area contributed by atoms with Gasteiger partial charge in [0, 0.05) is 19.7 Å². The molecule has 0 saturated carbocycles. The van der Waals surface area contributed by atoms with Gasteiger partial charge in [0.1, 0.15) is 5.75 Å². The van der Waals surface area contributed by atoms with Crippen molar-refractivity contribution in [3.63, 3.8) is 0 Å². The molecule has 1 fully saturated rings. The topological polar surface area (TPSA) is 32.7 Å². The van der Waals surface area contributed by atoms with Gasteiger partial charge in [-0.3, -0.25) is 0 Å². The van der Waals surface area contributed by atoms with Crippen LogP contribution in [0.4, 0.5) is 0 Å². The van der Waals surface area contributed by atoms with Crippen LogP contribution in [-0.4, -0.2) is 43.4 Å². The Balaban J connectivity index is 1.90. The van der Waals surface area contributed by atoms with Crippen LogP contribution >= 0.6 is 0 Å². The van der Waals surface area contributed by atoms with Gasteiger partial charge in [-0.25, -0.2) is 0 Å². The summed E-state index contributed by atoms with van der Waals surface area (Å²) in [5.41, 5.74) is 1.40. The van der Waals surface area contributed by atoms with E-state index in [-0.39, 0.29) is 0 Å². The van der Waals surface area contributed by atoms with Gasteiger partial charge in [-0.05, 0) is 43.0 Å². The van der Waals surface area contributed by atoms with E-state index >= 15 is 0 Å². The van der Waals surface area contributed by atoms with E-state index in [9.17, 15) is 0 Å². The number of rotatable bonds is 5. The summed E-state index contributed by atoms with van der Waals surface area (Å²) in [6, 6.07) is 8.40. The molecule has 0 spiro atoms. The molecular weight excluding hydrogens is 214 g/mol. The summed E-state index contributed by atoms with van der Waals surface area (Å²) in [5, 5.41) is 8.83. The van der Waals surface area contributed by atoms with E-state index < -0.39 is 0 Å². The zero-order valence-corrected chi connectivity index (χ0v) is 10.4. The van der Waals surface area contributed by atoms with Crippen molar-refractivity contribution in [1.29, 1.82) is 0 Å². The number of hydrogen-bond acceptors (Lipinski definition) is 3. The largest absolute Gasteiger partial charge is 0.497 e. The van der Waals surface area contributed by atoms with E-state index in [1.165, 1.54) is 12.0 Å². The van der Waals surface area contributed by atoms with Gasteiger partial charge in [0.25, 0.3) is 0 Å². The minimum Gasteiger partial charge on any atom is -0.497 e. The van der Waals surface area contributed by atoms with Crippen LogP contribution in [0.2, 0.25) is 0 Å². The molecule has 1 aliphatic rings. The van der Waals surface area contributed by atoms with Gasteiger partial charge in [-0.15, -0.1) is 0 Å². The minimum absolute atomic E-state index is 0.295. The predicted octanol–water partition coefficient (Wildman–Crippen LogP) is 1.87. The van der Waals surface area contributed by atoms with Crippen molar-refractivity contribution in [3.8, 4) is 5.75 Å². The summed E-state index contributed by atoms with van der Waals surface area (Å²) in [5.74, 6) is 1.56. The molecule has 1 atom stereocenters. The van der Waals surface area contributed by atoms with Crippen molar-refractivity contribution in [2.45, 2.75) is 18.8 Å². The molecule has 3 nitrogen and oxygen atoms in total. The van der Waals surface area contributed by atoms with Crippen LogP contribution in [0.3, 0.4) is 0 Å². The Kier molecular flexibility index (Phi) is 4.40. The molecule has 1 aromatic carbocycles. The Labute approximate surface area is 103 Å². The molecule has 1 N–H and O–H groups in total. The number of nitrogens with zero attached hydrogens (tertiary/aromatic N) is 1. The first-order valence-electron chi connectivity index (χ1n) is 6.30. The van der Waals surface area contributed by atoms with E-state index in [0.29, 0.717) is 12.5 Å². The predicted molar refractivity (Wildman–Crippen MR) is 68.5 cm³/mol. The average molecular weight is 235 g/mol. The number of aliphatic hydroxyl groups is 1. The molecule has 0 bridgehead atoms. The van der Waals surface area contributed by atoms with E-state index in [1.807, 2.05) is 12.1 Å². The maximum Gasteiger partial charge on any atom is 0.118 e. The first-order valence-corrected chi connectivity index (χ1v) is 6.30. The number of benzene rings is 1. The van der Waals surface area contributed by atoms with Gasteiger partial charge in [0.05, 0.1) is 7.11 Å². The summed E-state index contributed by atoms with van der Waals surface area (Å²) >= 11 is 0. The number of hydrogen-bond donors (Lipinski definition) is 1. The lowest BCUT2D eigenvalue weighted by molar-refractivity contribution is 0.246. The molecule has 1 saturated heterocycles. The van der Waals surface area contributed by atoms with Crippen molar-refractivity contribution < 1.29 is 9.84 Å². The van der Waals surface area contributed by atoms with Gasteiger partial charge in [0.15, 0.2) is 0 Å². The highest BCUT2D eigenvalue weighted by molar-refractivity contribution is 5.30. The summed E-state index contributed by atoms with van der Waals surface area (Å²) in [7, 11) is 1.70. The van der Waals surface area contributed by atoms with E-state index in [1.54, 1.807) is 7.11 Å². The molecule has 1 aliphatic heterocycles. The Hall–Kier alpha value is -1.06. The van der Waals surface area contributed by atoms with E-state index in [0.717, 1.165) is 31.8 Å². The second-order valence-corrected chi connectivity index (χ2v) is 4.64. The number of methoxy groups -OCH3 is 1. The molecule has 1 unspecified atom stereocenters. The fourth-order valence-electron chi connectivity index (χ4n) is 2.48. The van der Waals surface area contributed by atoms with Crippen LogP contribution in [0.5, 0.6) is 5.75 Å². The van der Waals surface area contributed by atoms with Crippen LogP contribution in [0.15, 0.2) is 24.3 Å². The van der Waals surface area contributed by atoms with Crippen molar-refractivity contribution >= 4 is 0 Å². The van der Waals surface area contributed by atoms with Crippen molar-refractivity contribution in [2.75, 3.05) is 33.4 Å². The molecule has 0 radical (unpaired) electrons. The summed E-state index contributed by atoms with van der Waals surface area (Å²) in [4.78, 5) is 2.44. The monoisotopic (exact) mass is 235 g/mol. The lowest BCUT2D eigenvalue weighted by Gasteiger charge is -2.15. The lowest BCUT2D eigenvalue weighted by Crippen LogP contribution is -2.22. The highest BCUT2D eigenvalue weighted by Gasteiger charge is 2.23. The van der Waals surface area contributed by atoms with E-state index in [2.05, 4.69) is 17.0 Å². The Bertz CT molecular complexity index is 337. The van der Waals surface area contributed by atoms with Crippen LogP contribution in [0.1, 0.15) is 24.3 Å². The second kappa shape index (κ2) is 6.03. The maximum atomic E-state index is 8.83. The van der Waals surface area contributed by atoms with Gasteiger partial charge in [-0.2, -0.15) is 0 Å². The van der Waals surface area contributed by atoms with Crippen LogP contribution < -0.4 is 4.74 Å². The smallest absolute Gasteiger partial charge is 0.118 e. The third kappa shape index (κ3) is 3.20. The molecule has 0 aliphatic carbocycles. The molecule has 1 heterocycles. The fraction of sp³-hybridized carbons (Fsp3) is 0.571. The van der Waals surface area contributed by atoms with Gasteiger partial charge in [-0.1, -0.05) is 12.1 Å². The van der Waals surface area contributed by atoms with Gasteiger partial charge in [0.2, 0.25) is 0 Å². The SMILES string of the molecule is COc1ccc(C2CCN(CCCO)C2)cc1. The number of likely N-dealkylation sites (tertiary alicyclic amines) is 1. The van der Waals surface area contributed by atoms with Crippen LogP contribution in [-0.2, 0) is 0 Å². The van der Waals surface area contributed by atoms with E-state index in [4.69, 9.17) is 9.84 Å². The summed E-state index contributed by atoms with van der Waals surface area (Å²) < 4.78 is 5.17. The van der Waals surface area contributed by atoms with Gasteiger partial charge >= 0.3 is 0 Å². The maximum absolute atomic E-state index is 8.83. The van der Waals surface area contributed by atoms with Crippen molar-refractivity contribution in [1.82, 2.24) is 4.90 Å². The van der Waals surface area contributed by atoms with Gasteiger partial charge < -0.3 is 14.7 Å². The van der Waals surface area contributed by atoms with Crippen LogP contribution in [0, 0.1) is 0 Å². The highest BCUT2D eigenvalue weighted by atomic mass is 16.5. The molecule has 2 rings (SSSR count). The standard InChI is InChI=1S/C14H21NO2/c1-17-14-5-3-12(4-6-14)13-7-9-15(11-13)8-2-10-16/h3-6,13,16H,2,7-11H2,1H3. The quantitative estimate of drug-likeness (QED) is 0.845. The third-order valence-electron chi connectivity index (χ3n) is 3.49.